The molecular formula is C16H23NO5S. The van der Waals surface area contributed by atoms with E-state index < -0.39 is 28.0 Å². The largest absolute Gasteiger partial charge is 0.481 e. The van der Waals surface area contributed by atoms with Crippen molar-refractivity contribution in [2.45, 2.75) is 19.4 Å². The third kappa shape index (κ3) is 4.53. The van der Waals surface area contributed by atoms with Crippen LogP contribution in [0.2, 0.25) is 0 Å². The van der Waals surface area contributed by atoms with Crippen LogP contribution >= 0.6 is 0 Å². The number of sulfonamides is 1. The molecule has 128 valence electrons. The van der Waals surface area contributed by atoms with Crippen molar-refractivity contribution in [3.05, 3.63) is 35.9 Å². The van der Waals surface area contributed by atoms with Gasteiger partial charge in [-0.3, -0.25) is 4.79 Å². The summed E-state index contributed by atoms with van der Waals surface area (Å²) in [5.41, 5.74) is 1.01. The molecule has 23 heavy (non-hydrogen) atoms. The van der Waals surface area contributed by atoms with E-state index in [0.717, 1.165) is 5.56 Å². The van der Waals surface area contributed by atoms with Crippen LogP contribution < -0.4 is 0 Å². The Morgan fingerprint density at radius 2 is 2.00 bits per heavy atom. The maximum Gasteiger partial charge on any atom is 0.308 e. The monoisotopic (exact) mass is 341 g/mol. The Labute approximate surface area is 137 Å². The second kappa shape index (κ2) is 7.42. The van der Waals surface area contributed by atoms with Crippen LogP contribution in [0.4, 0.5) is 0 Å². The van der Waals surface area contributed by atoms with Crippen LogP contribution in [-0.4, -0.2) is 55.9 Å². The predicted octanol–water partition coefficient (Wildman–Crippen LogP) is 1.23. The lowest BCUT2D eigenvalue weighted by atomic mass is 9.99. The highest BCUT2D eigenvalue weighted by molar-refractivity contribution is 7.89. The van der Waals surface area contributed by atoms with Crippen LogP contribution in [0, 0.1) is 11.8 Å². The Morgan fingerprint density at radius 3 is 2.52 bits per heavy atom. The lowest BCUT2D eigenvalue weighted by Gasteiger charge is -2.21. The van der Waals surface area contributed by atoms with Crippen LogP contribution in [0.1, 0.15) is 12.5 Å². The zero-order valence-corrected chi connectivity index (χ0v) is 14.2. The fourth-order valence-corrected chi connectivity index (χ4v) is 4.68. The number of hydrogen-bond donors (Lipinski definition) is 1. The minimum Gasteiger partial charge on any atom is -0.481 e. The van der Waals surface area contributed by atoms with Crippen LogP contribution in [0.3, 0.4) is 0 Å². The first-order chi connectivity index (χ1) is 10.8. The summed E-state index contributed by atoms with van der Waals surface area (Å²) < 4.78 is 31.7. The molecule has 3 atom stereocenters. The van der Waals surface area contributed by atoms with E-state index in [1.165, 1.54) is 11.4 Å². The van der Waals surface area contributed by atoms with E-state index in [2.05, 4.69) is 0 Å². The fourth-order valence-electron chi connectivity index (χ4n) is 2.90. The topological polar surface area (TPSA) is 83.9 Å². The summed E-state index contributed by atoms with van der Waals surface area (Å²) >= 11 is 0. The van der Waals surface area contributed by atoms with Crippen LogP contribution in [0.25, 0.3) is 0 Å². The molecule has 1 aromatic carbocycles. The number of carboxylic acid groups (broad SMARTS) is 1. The quantitative estimate of drug-likeness (QED) is 0.806. The standard InChI is InChI=1S/C16H23NO5S/c1-12-9-17(10-15(12)16(18)19)23(20,21)11-14(22-2)8-13-6-4-3-5-7-13/h3-7,12,14-15H,8-11H2,1-2H3,(H,18,19)/t12-,14?,15-/m1/s1. The number of hydrogen-bond acceptors (Lipinski definition) is 4. The van der Waals surface area contributed by atoms with E-state index in [9.17, 15) is 13.2 Å². The summed E-state index contributed by atoms with van der Waals surface area (Å²) in [6, 6.07) is 9.56. The van der Waals surface area contributed by atoms with Crippen molar-refractivity contribution >= 4 is 16.0 Å². The van der Waals surface area contributed by atoms with Gasteiger partial charge in [0.05, 0.1) is 17.8 Å². The summed E-state index contributed by atoms with van der Waals surface area (Å²) in [7, 11) is -2.05. The van der Waals surface area contributed by atoms with Gasteiger partial charge in [0.15, 0.2) is 0 Å². The van der Waals surface area contributed by atoms with Gasteiger partial charge in [-0.05, 0) is 17.9 Å². The van der Waals surface area contributed by atoms with Gasteiger partial charge in [-0.25, -0.2) is 12.7 Å². The smallest absolute Gasteiger partial charge is 0.308 e. The van der Waals surface area contributed by atoms with Crippen LogP contribution in [0.5, 0.6) is 0 Å². The average Bonchev–Trinajstić information content (AvgIpc) is 2.90. The van der Waals surface area contributed by atoms with Gasteiger partial charge >= 0.3 is 5.97 Å². The molecule has 0 saturated carbocycles. The molecular weight excluding hydrogens is 318 g/mol. The highest BCUT2D eigenvalue weighted by atomic mass is 32.2. The van der Waals surface area contributed by atoms with Gasteiger partial charge in [0.25, 0.3) is 0 Å². The number of carboxylic acids is 1. The van der Waals surface area contributed by atoms with E-state index in [-0.39, 0.29) is 24.8 Å². The van der Waals surface area contributed by atoms with E-state index in [4.69, 9.17) is 9.84 Å². The SMILES string of the molecule is COC(Cc1ccccc1)CS(=O)(=O)N1C[C@@H](C)[C@H](C(=O)O)C1. The first-order valence-corrected chi connectivity index (χ1v) is 9.21. The molecule has 0 aliphatic carbocycles. The van der Waals surface area contributed by atoms with Crippen LogP contribution in [0.15, 0.2) is 30.3 Å². The Hall–Kier alpha value is -1.44. The molecule has 1 aromatic rings. The molecule has 0 aromatic heterocycles. The van der Waals surface area contributed by atoms with Gasteiger partial charge in [0, 0.05) is 20.2 Å². The molecule has 1 N–H and O–H groups in total. The summed E-state index contributed by atoms with van der Waals surface area (Å²) in [5.74, 6) is -1.91. The van der Waals surface area contributed by atoms with E-state index in [1.807, 2.05) is 30.3 Å². The molecule has 0 amide bonds. The Balaban J connectivity index is 2.03. The van der Waals surface area contributed by atoms with Gasteiger partial charge in [-0.2, -0.15) is 0 Å². The lowest BCUT2D eigenvalue weighted by Crippen LogP contribution is -2.37. The number of ether oxygens (including phenoxy) is 1. The molecule has 0 bridgehead atoms. The molecule has 0 spiro atoms. The van der Waals surface area contributed by atoms with E-state index in [0.29, 0.717) is 6.42 Å². The van der Waals surface area contributed by atoms with Gasteiger partial charge in [0.1, 0.15) is 0 Å². The number of methoxy groups -OCH3 is 1. The number of aliphatic carboxylic acids is 1. The molecule has 1 aliphatic rings. The lowest BCUT2D eigenvalue weighted by molar-refractivity contribution is -0.142. The van der Waals surface area contributed by atoms with Gasteiger partial charge in [-0.1, -0.05) is 37.3 Å². The zero-order valence-electron chi connectivity index (χ0n) is 13.4. The van der Waals surface area contributed by atoms with Crippen molar-refractivity contribution < 1.29 is 23.1 Å². The van der Waals surface area contributed by atoms with Gasteiger partial charge in [0.2, 0.25) is 10.0 Å². The number of nitrogens with zero attached hydrogens (tertiary/aromatic N) is 1. The minimum absolute atomic E-state index is 0.0423. The van der Waals surface area contributed by atoms with Crippen molar-refractivity contribution in [1.29, 1.82) is 0 Å². The predicted molar refractivity (Wildman–Crippen MR) is 86.6 cm³/mol. The zero-order chi connectivity index (χ0) is 17.0. The highest BCUT2D eigenvalue weighted by Gasteiger charge is 2.40. The summed E-state index contributed by atoms with van der Waals surface area (Å²) in [6.07, 6.45) is 0.0454. The number of carbonyl (C=O) groups is 1. The average molecular weight is 341 g/mol. The first kappa shape index (κ1) is 17.9. The molecule has 1 fully saturated rings. The van der Waals surface area contributed by atoms with Crippen molar-refractivity contribution in [3.63, 3.8) is 0 Å². The van der Waals surface area contributed by atoms with Crippen molar-refractivity contribution in [1.82, 2.24) is 4.31 Å². The highest BCUT2D eigenvalue weighted by Crippen LogP contribution is 2.26. The second-order valence-corrected chi connectivity index (χ2v) is 8.08. The van der Waals surface area contributed by atoms with Crippen molar-refractivity contribution in [2.75, 3.05) is 26.0 Å². The summed E-state index contributed by atoms with van der Waals surface area (Å²) in [6.45, 7) is 2.06. The van der Waals surface area contributed by atoms with Gasteiger partial charge in [-0.15, -0.1) is 0 Å². The first-order valence-electron chi connectivity index (χ1n) is 7.61. The normalized spacial score (nSPS) is 23.7. The molecule has 1 heterocycles. The molecule has 2 rings (SSSR count). The Kier molecular flexibility index (Phi) is 5.78. The third-order valence-corrected chi connectivity index (χ3v) is 6.20. The molecule has 0 radical (unpaired) electrons. The summed E-state index contributed by atoms with van der Waals surface area (Å²) in [5, 5.41) is 9.14. The maximum atomic E-state index is 12.6. The third-order valence-electron chi connectivity index (χ3n) is 4.33. The van der Waals surface area contributed by atoms with Gasteiger partial charge < -0.3 is 9.84 Å². The number of benzene rings is 1. The number of rotatable bonds is 7. The van der Waals surface area contributed by atoms with Crippen molar-refractivity contribution in [2.24, 2.45) is 11.8 Å². The molecule has 1 unspecified atom stereocenters. The Bertz CT molecular complexity index is 631. The maximum absolute atomic E-state index is 12.6. The molecule has 7 heteroatoms. The van der Waals surface area contributed by atoms with E-state index in [1.54, 1.807) is 6.92 Å². The molecule has 1 aliphatic heterocycles. The Morgan fingerprint density at radius 1 is 1.35 bits per heavy atom. The fraction of sp³-hybridized carbons (Fsp3) is 0.562. The van der Waals surface area contributed by atoms with Crippen LogP contribution in [-0.2, 0) is 26.0 Å². The van der Waals surface area contributed by atoms with E-state index >= 15 is 0 Å². The molecule has 6 nitrogen and oxygen atoms in total. The second-order valence-electron chi connectivity index (χ2n) is 6.06. The minimum atomic E-state index is -3.55. The molecule has 1 saturated heterocycles. The van der Waals surface area contributed by atoms with Crippen molar-refractivity contribution in [3.8, 4) is 0 Å². The summed E-state index contributed by atoms with van der Waals surface area (Å²) in [4.78, 5) is 11.2.